The van der Waals surface area contributed by atoms with Crippen molar-refractivity contribution in [2.24, 2.45) is 28.6 Å². The minimum Gasteiger partial charge on any atom is -0.295 e. The van der Waals surface area contributed by atoms with Gasteiger partial charge in [0.15, 0.2) is 5.78 Å². The van der Waals surface area contributed by atoms with E-state index in [1.165, 1.54) is 37.7 Å². The minimum atomic E-state index is 0.308. The highest BCUT2D eigenvalue weighted by Crippen LogP contribution is 2.65. The lowest BCUT2D eigenvalue weighted by atomic mass is 9.47. The van der Waals surface area contributed by atoms with Crippen LogP contribution in [-0.2, 0) is 4.79 Å². The molecule has 1 nitrogen and oxygen atoms in total. The van der Waals surface area contributed by atoms with Crippen molar-refractivity contribution in [2.45, 2.75) is 70.6 Å². The van der Waals surface area contributed by atoms with Crippen LogP contribution in [0.3, 0.4) is 0 Å². The standard InChI is InChI=1S/C19H27ClO/c1-18-9-7-13(21)11-12(18)3-4-14-15-5-6-17(20)19(15,2)10-8-16(14)18/h11,14-17H,3-10H2,1-2H3/t14-,15-,16-,17-,18-,19-/m0/s1. The Hall–Kier alpha value is -0.300. The van der Waals surface area contributed by atoms with Crippen LogP contribution in [0.2, 0.25) is 0 Å². The molecule has 0 aliphatic heterocycles. The summed E-state index contributed by atoms with van der Waals surface area (Å²) in [5.74, 6) is 2.84. The van der Waals surface area contributed by atoms with Crippen molar-refractivity contribution in [3.63, 3.8) is 0 Å². The molecule has 0 spiro atoms. The predicted octanol–water partition coefficient (Wildman–Crippen LogP) is 5.13. The first kappa shape index (κ1) is 14.3. The molecule has 21 heavy (non-hydrogen) atoms. The van der Waals surface area contributed by atoms with Crippen LogP contribution in [0, 0.1) is 28.6 Å². The monoisotopic (exact) mass is 306 g/mol. The number of hydrogen-bond acceptors (Lipinski definition) is 1. The molecule has 0 unspecified atom stereocenters. The third kappa shape index (κ3) is 1.85. The molecule has 0 aromatic rings. The average molecular weight is 307 g/mol. The number of allylic oxidation sites excluding steroid dienone is 1. The fourth-order valence-electron chi connectivity index (χ4n) is 6.50. The summed E-state index contributed by atoms with van der Waals surface area (Å²) in [4.78, 5) is 11.8. The number of ketones is 1. The van der Waals surface area contributed by atoms with Crippen molar-refractivity contribution in [1.29, 1.82) is 0 Å². The van der Waals surface area contributed by atoms with Gasteiger partial charge in [0.1, 0.15) is 0 Å². The van der Waals surface area contributed by atoms with Crippen molar-refractivity contribution in [1.82, 2.24) is 0 Å². The molecule has 0 heterocycles. The van der Waals surface area contributed by atoms with Gasteiger partial charge in [0.2, 0.25) is 0 Å². The minimum absolute atomic E-state index is 0.308. The van der Waals surface area contributed by atoms with Gasteiger partial charge in [-0.2, -0.15) is 0 Å². The van der Waals surface area contributed by atoms with E-state index in [9.17, 15) is 4.79 Å². The molecule has 4 aliphatic carbocycles. The SMILES string of the molecule is C[C@]12CC[C@H]3[C@@H](CCC4=CC(=O)CC[C@@]43C)[C@@H]1CC[C@@H]2Cl. The Labute approximate surface area is 133 Å². The highest BCUT2D eigenvalue weighted by Gasteiger charge is 2.58. The van der Waals surface area contributed by atoms with E-state index in [-0.39, 0.29) is 0 Å². The number of carbonyl (C=O) groups is 1. The second-order valence-electron chi connectivity index (χ2n) is 8.56. The van der Waals surface area contributed by atoms with E-state index in [2.05, 4.69) is 13.8 Å². The lowest BCUT2D eigenvalue weighted by molar-refractivity contribution is -0.117. The molecule has 0 N–H and O–H groups in total. The highest BCUT2D eigenvalue weighted by molar-refractivity contribution is 6.21. The molecule has 6 atom stereocenters. The van der Waals surface area contributed by atoms with Gasteiger partial charge in [-0.25, -0.2) is 0 Å². The maximum Gasteiger partial charge on any atom is 0.155 e. The van der Waals surface area contributed by atoms with Crippen LogP contribution < -0.4 is 0 Å². The van der Waals surface area contributed by atoms with Crippen LogP contribution in [0.4, 0.5) is 0 Å². The van der Waals surface area contributed by atoms with Gasteiger partial charge in [-0.3, -0.25) is 4.79 Å². The number of alkyl halides is 1. The van der Waals surface area contributed by atoms with E-state index in [0.29, 0.717) is 22.0 Å². The molecular weight excluding hydrogens is 280 g/mol. The average Bonchev–Trinajstić information content (AvgIpc) is 2.76. The summed E-state index contributed by atoms with van der Waals surface area (Å²) in [5.41, 5.74) is 2.16. The molecule has 3 saturated carbocycles. The maximum atomic E-state index is 11.8. The lowest BCUT2D eigenvalue weighted by Gasteiger charge is -2.57. The van der Waals surface area contributed by atoms with Crippen molar-refractivity contribution < 1.29 is 4.79 Å². The Balaban J connectivity index is 1.69. The summed E-state index contributed by atoms with van der Waals surface area (Å²) in [7, 11) is 0. The molecule has 0 aromatic heterocycles. The topological polar surface area (TPSA) is 17.1 Å². The van der Waals surface area contributed by atoms with Gasteiger partial charge >= 0.3 is 0 Å². The summed E-state index contributed by atoms with van der Waals surface area (Å²) in [6.45, 7) is 4.91. The molecular formula is C19H27ClO. The zero-order valence-corrected chi connectivity index (χ0v) is 14.1. The summed E-state index contributed by atoms with van der Waals surface area (Å²) in [6, 6.07) is 0. The number of fused-ring (bicyclic) bond motifs is 5. The van der Waals surface area contributed by atoms with Gasteiger partial charge in [0.05, 0.1) is 0 Å². The first-order valence-electron chi connectivity index (χ1n) is 8.83. The molecule has 0 saturated heterocycles. The quantitative estimate of drug-likeness (QED) is 0.567. The largest absolute Gasteiger partial charge is 0.295 e. The van der Waals surface area contributed by atoms with E-state index < -0.39 is 0 Å². The fourth-order valence-corrected chi connectivity index (χ4v) is 6.89. The molecule has 4 aliphatic rings. The summed E-state index contributed by atoms with van der Waals surface area (Å²) in [5, 5.41) is 0.390. The Bertz CT molecular complexity index is 510. The second-order valence-corrected chi connectivity index (χ2v) is 9.09. The van der Waals surface area contributed by atoms with E-state index >= 15 is 0 Å². The molecule has 2 heteroatoms. The van der Waals surface area contributed by atoms with Gasteiger partial charge < -0.3 is 0 Å². The van der Waals surface area contributed by atoms with Gasteiger partial charge in [-0.05, 0) is 79.6 Å². The van der Waals surface area contributed by atoms with Gasteiger partial charge in [0, 0.05) is 11.8 Å². The second kappa shape index (κ2) is 4.60. The van der Waals surface area contributed by atoms with Gasteiger partial charge in [-0.15, -0.1) is 11.6 Å². The van der Waals surface area contributed by atoms with Crippen LogP contribution >= 0.6 is 11.6 Å². The lowest BCUT2D eigenvalue weighted by Crippen LogP contribution is -2.50. The number of carbonyl (C=O) groups excluding carboxylic acids is 1. The zero-order valence-electron chi connectivity index (χ0n) is 13.3. The van der Waals surface area contributed by atoms with Crippen molar-refractivity contribution in [3.8, 4) is 0 Å². The Morgan fingerprint density at radius 2 is 1.86 bits per heavy atom. The van der Waals surface area contributed by atoms with Crippen molar-refractivity contribution in [3.05, 3.63) is 11.6 Å². The van der Waals surface area contributed by atoms with Crippen molar-refractivity contribution >= 4 is 17.4 Å². The van der Waals surface area contributed by atoms with E-state index in [0.717, 1.165) is 37.0 Å². The summed E-state index contributed by atoms with van der Waals surface area (Å²) in [6.07, 6.45) is 11.5. The van der Waals surface area contributed by atoms with Crippen LogP contribution in [0.25, 0.3) is 0 Å². The third-order valence-corrected chi connectivity index (χ3v) is 8.56. The summed E-state index contributed by atoms with van der Waals surface area (Å²) < 4.78 is 0. The molecule has 0 radical (unpaired) electrons. The van der Waals surface area contributed by atoms with Gasteiger partial charge in [-0.1, -0.05) is 19.4 Å². The number of halogens is 1. The fraction of sp³-hybridized carbons (Fsp3) is 0.842. The Morgan fingerprint density at radius 1 is 1.05 bits per heavy atom. The highest BCUT2D eigenvalue weighted by atomic mass is 35.5. The zero-order chi connectivity index (χ0) is 14.8. The molecule has 116 valence electrons. The Morgan fingerprint density at radius 3 is 2.67 bits per heavy atom. The van der Waals surface area contributed by atoms with E-state index in [4.69, 9.17) is 11.6 Å². The van der Waals surface area contributed by atoms with Crippen LogP contribution in [-0.4, -0.2) is 11.2 Å². The molecule has 0 bridgehead atoms. The van der Waals surface area contributed by atoms with Crippen LogP contribution in [0.1, 0.15) is 65.2 Å². The van der Waals surface area contributed by atoms with Gasteiger partial charge in [0.25, 0.3) is 0 Å². The molecule has 4 rings (SSSR count). The smallest absolute Gasteiger partial charge is 0.155 e. The predicted molar refractivity (Wildman–Crippen MR) is 86.4 cm³/mol. The van der Waals surface area contributed by atoms with E-state index in [1.807, 2.05) is 6.08 Å². The Kier molecular flexibility index (Phi) is 3.13. The first-order valence-corrected chi connectivity index (χ1v) is 9.27. The van der Waals surface area contributed by atoms with Crippen LogP contribution in [0.15, 0.2) is 11.6 Å². The van der Waals surface area contributed by atoms with Crippen molar-refractivity contribution in [2.75, 3.05) is 0 Å². The normalized spacial score (nSPS) is 52.7. The van der Waals surface area contributed by atoms with E-state index in [1.54, 1.807) is 0 Å². The molecule has 0 amide bonds. The molecule has 0 aromatic carbocycles. The number of rotatable bonds is 0. The third-order valence-electron chi connectivity index (χ3n) is 7.85. The first-order chi connectivity index (χ1) is 9.95. The maximum absolute atomic E-state index is 11.8. The van der Waals surface area contributed by atoms with Crippen LogP contribution in [0.5, 0.6) is 0 Å². The number of hydrogen-bond donors (Lipinski definition) is 0. The molecule has 3 fully saturated rings. The summed E-state index contributed by atoms with van der Waals surface area (Å²) >= 11 is 6.69.